The Kier molecular flexibility index (Phi) is 3.51. The van der Waals surface area contributed by atoms with Crippen LogP contribution in [0.5, 0.6) is 0 Å². The summed E-state index contributed by atoms with van der Waals surface area (Å²) in [7, 11) is 0. The molecule has 1 atom stereocenters. The Hall–Kier alpha value is -1.96. The van der Waals surface area contributed by atoms with Gasteiger partial charge in [-0.15, -0.1) is 0 Å². The van der Waals surface area contributed by atoms with Gasteiger partial charge in [0.15, 0.2) is 0 Å². The van der Waals surface area contributed by atoms with Gasteiger partial charge in [-0.25, -0.2) is 4.68 Å². The van der Waals surface area contributed by atoms with Gasteiger partial charge in [0, 0.05) is 11.8 Å². The zero-order chi connectivity index (χ0) is 15.0. The van der Waals surface area contributed by atoms with E-state index in [2.05, 4.69) is 5.10 Å². The third kappa shape index (κ3) is 2.51. The van der Waals surface area contributed by atoms with Gasteiger partial charge in [-0.1, -0.05) is 18.2 Å². The molecule has 0 aliphatic rings. The molecule has 8 heteroatoms. The van der Waals surface area contributed by atoms with Crippen molar-refractivity contribution in [1.82, 2.24) is 9.78 Å². The van der Waals surface area contributed by atoms with Gasteiger partial charge in [0.05, 0.1) is 11.9 Å². The van der Waals surface area contributed by atoms with E-state index in [0.717, 1.165) is 12.4 Å². The molecule has 0 fully saturated rings. The molecule has 2 aromatic rings. The lowest BCUT2D eigenvalue weighted by Crippen LogP contribution is -2.45. The number of nitrogens with zero attached hydrogens (tertiary/aromatic N) is 2. The van der Waals surface area contributed by atoms with Gasteiger partial charge in [0.2, 0.25) is 0 Å². The summed E-state index contributed by atoms with van der Waals surface area (Å²) >= 11 is 0. The highest BCUT2D eigenvalue weighted by atomic mass is 19.4. The minimum Gasteiger partial charge on any atom is -0.319 e. The van der Waals surface area contributed by atoms with Crippen molar-refractivity contribution < 1.29 is 22.0 Å². The number of halogens is 5. The Balaban J connectivity index is 2.30. The van der Waals surface area contributed by atoms with Crippen LogP contribution in [0.25, 0.3) is 5.69 Å². The molecule has 1 heterocycles. The third-order valence-corrected chi connectivity index (χ3v) is 2.75. The zero-order valence-electron chi connectivity index (χ0n) is 9.98. The molecule has 2 N–H and O–H groups in total. The van der Waals surface area contributed by atoms with Crippen molar-refractivity contribution >= 4 is 0 Å². The molecule has 0 bridgehead atoms. The average Bonchev–Trinajstić information content (AvgIpc) is 2.87. The highest BCUT2D eigenvalue weighted by Crippen LogP contribution is 2.43. The monoisotopic (exact) mass is 291 g/mol. The molecule has 1 unspecified atom stereocenters. The molecular formula is C12H10F5N3. The number of para-hydroxylation sites is 1. The van der Waals surface area contributed by atoms with Crippen LogP contribution in [0.1, 0.15) is 11.6 Å². The van der Waals surface area contributed by atoms with E-state index < -0.39 is 23.7 Å². The molecule has 3 nitrogen and oxygen atoms in total. The van der Waals surface area contributed by atoms with E-state index in [1.807, 2.05) is 0 Å². The Bertz CT molecular complexity index is 576. The topological polar surface area (TPSA) is 43.8 Å². The summed E-state index contributed by atoms with van der Waals surface area (Å²) in [5.41, 5.74) is 5.16. The van der Waals surface area contributed by atoms with Gasteiger partial charge in [0.1, 0.15) is 6.04 Å². The van der Waals surface area contributed by atoms with Crippen LogP contribution in [0, 0.1) is 0 Å². The number of benzene rings is 1. The molecule has 2 rings (SSSR count). The van der Waals surface area contributed by atoms with Crippen LogP contribution in [0.3, 0.4) is 0 Å². The highest BCUT2D eigenvalue weighted by Gasteiger charge is 2.61. The second kappa shape index (κ2) is 4.86. The first-order chi connectivity index (χ1) is 9.23. The van der Waals surface area contributed by atoms with E-state index in [0.29, 0.717) is 5.69 Å². The predicted molar refractivity (Wildman–Crippen MR) is 61.5 cm³/mol. The van der Waals surface area contributed by atoms with Crippen LogP contribution in [0.4, 0.5) is 22.0 Å². The van der Waals surface area contributed by atoms with Crippen LogP contribution < -0.4 is 5.73 Å². The van der Waals surface area contributed by atoms with Crippen LogP contribution >= 0.6 is 0 Å². The van der Waals surface area contributed by atoms with Gasteiger partial charge in [0.25, 0.3) is 0 Å². The van der Waals surface area contributed by atoms with Crippen molar-refractivity contribution in [3.8, 4) is 5.69 Å². The van der Waals surface area contributed by atoms with Gasteiger partial charge in [-0.05, 0) is 12.1 Å². The Morgan fingerprint density at radius 3 is 2.20 bits per heavy atom. The van der Waals surface area contributed by atoms with E-state index >= 15 is 0 Å². The number of hydrogen-bond acceptors (Lipinski definition) is 2. The maximum atomic E-state index is 13.1. The molecular weight excluding hydrogens is 281 g/mol. The standard InChI is InChI=1S/C12H10F5N3/c13-11(14,12(15,16)17)10(18)8-6-19-20(7-8)9-4-2-1-3-5-9/h1-7,10H,18H2. The summed E-state index contributed by atoms with van der Waals surface area (Å²) < 4.78 is 64.2. The van der Waals surface area contributed by atoms with Gasteiger partial charge >= 0.3 is 12.1 Å². The number of nitrogens with two attached hydrogens (primary N) is 1. The summed E-state index contributed by atoms with van der Waals surface area (Å²) in [6.45, 7) is 0. The molecule has 0 aliphatic heterocycles. The average molecular weight is 291 g/mol. The summed E-state index contributed by atoms with van der Waals surface area (Å²) in [5, 5.41) is 3.74. The molecule has 0 spiro atoms. The highest BCUT2D eigenvalue weighted by molar-refractivity contribution is 5.31. The Morgan fingerprint density at radius 1 is 1.05 bits per heavy atom. The largest absolute Gasteiger partial charge is 0.455 e. The van der Waals surface area contributed by atoms with Crippen molar-refractivity contribution in [3.63, 3.8) is 0 Å². The number of rotatable bonds is 3. The van der Waals surface area contributed by atoms with Crippen LogP contribution in [0.15, 0.2) is 42.7 Å². The first-order valence-electron chi connectivity index (χ1n) is 5.53. The SMILES string of the molecule is NC(c1cnn(-c2ccccc2)c1)C(F)(F)C(F)(F)F. The molecule has 0 aliphatic carbocycles. The molecule has 0 radical (unpaired) electrons. The Morgan fingerprint density at radius 2 is 1.65 bits per heavy atom. The van der Waals surface area contributed by atoms with Gasteiger partial charge in [-0.2, -0.15) is 27.1 Å². The molecule has 1 aromatic carbocycles. The zero-order valence-corrected chi connectivity index (χ0v) is 9.98. The first-order valence-corrected chi connectivity index (χ1v) is 5.53. The number of hydrogen-bond donors (Lipinski definition) is 1. The van der Waals surface area contributed by atoms with Crippen LogP contribution in [-0.4, -0.2) is 21.9 Å². The van der Waals surface area contributed by atoms with Crippen molar-refractivity contribution in [2.45, 2.75) is 18.1 Å². The molecule has 0 saturated carbocycles. The molecule has 1 aromatic heterocycles. The van der Waals surface area contributed by atoms with Crippen molar-refractivity contribution in [2.24, 2.45) is 5.73 Å². The smallest absolute Gasteiger partial charge is 0.319 e. The number of aromatic nitrogens is 2. The second-order valence-electron chi connectivity index (χ2n) is 4.15. The summed E-state index contributed by atoms with van der Waals surface area (Å²) in [4.78, 5) is 0. The first kappa shape index (κ1) is 14.4. The van der Waals surface area contributed by atoms with Crippen LogP contribution in [-0.2, 0) is 0 Å². The van der Waals surface area contributed by atoms with Crippen molar-refractivity contribution in [1.29, 1.82) is 0 Å². The maximum Gasteiger partial charge on any atom is 0.455 e. The lowest BCUT2D eigenvalue weighted by atomic mass is 10.1. The van der Waals surface area contributed by atoms with Crippen LogP contribution in [0.2, 0.25) is 0 Å². The number of alkyl halides is 5. The minimum absolute atomic E-state index is 0.392. The maximum absolute atomic E-state index is 13.1. The molecule has 20 heavy (non-hydrogen) atoms. The van der Waals surface area contributed by atoms with E-state index in [-0.39, 0.29) is 0 Å². The second-order valence-corrected chi connectivity index (χ2v) is 4.15. The Labute approximate surface area is 110 Å². The van der Waals surface area contributed by atoms with E-state index in [1.54, 1.807) is 30.3 Å². The fourth-order valence-corrected chi connectivity index (χ4v) is 1.60. The fourth-order valence-electron chi connectivity index (χ4n) is 1.60. The third-order valence-electron chi connectivity index (χ3n) is 2.75. The lowest BCUT2D eigenvalue weighted by molar-refractivity contribution is -0.291. The van der Waals surface area contributed by atoms with Gasteiger partial charge < -0.3 is 5.73 Å². The van der Waals surface area contributed by atoms with E-state index in [4.69, 9.17) is 5.73 Å². The predicted octanol–water partition coefficient (Wildman–Crippen LogP) is 3.07. The summed E-state index contributed by atoms with van der Waals surface area (Å²) in [6.07, 6.45) is -3.75. The van der Waals surface area contributed by atoms with Crippen molar-refractivity contribution in [2.75, 3.05) is 0 Å². The fraction of sp³-hybridized carbons (Fsp3) is 0.250. The molecule has 0 amide bonds. The summed E-state index contributed by atoms with van der Waals surface area (Å²) in [5.74, 6) is -5.02. The molecule has 108 valence electrons. The molecule has 0 saturated heterocycles. The summed E-state index contributed by atoms with van der Waals surface area (Å²) in [6, 6.07) is 5.85. The minimum atomic E-state index is -5.71. The van der Waals surface area contributed by atoms with Crippen molar-refractivity contribution in [3.05, 3.63) is 48.3 Å². The van der Waals surface area contributed by atoms with E-state index in [1.165, 1.54) is 4.68 Å². The lowest BCUT2D eigenvalue weighted by Gasteiger charge is -2.24. The van der Waals surface area contributed by atoms with Gasteiger partial charge in [-0.3, -0.25) is 0 Å². The van der Waals surface area contributed by atoms with E-state index in [9.17, 15) is 22.0 Å². The normalized spacial score (nSPS) is 14.3. The quantitative estimate of drug-likeness (QED) is 0.883.